The molecule has 2 heterocycles. The zero-order chi connectivity index (χ0) is 36.8. The van der Waals surface area contributed by atoms with Crippen molar-refractivity contribution < 1.29 is 33.4 Å². The zero-order valence-corrected chi connectivity index (χ0v) is 31.1. The Hall–Kier alpha value is -4.64. The number of hydrogen-bond acceptors (Lipinski definition) is 9. The lowest BCUT2D eigenvalue weighted by Gasteiger charge is -2.30. The zero-order valence-electron chi connectivity index (χ0n) is 31.1. The van der Waals surface area contributed by atoms with Crippen molar-refractivity contribution in [3.63, 3.8) is 0 Å². The van der Waals surface area contributed by atoms with Gasteiger partial charge in [-0.05, 0) is 99.7 Å². The van der Waals surface area contributed by atoms with E-state index in [1.165, 1.54) is 7.11 Å². The third-order valence-electron chi connectivity index (χ3n) is 8.32. The first-order chi connectivity index (χ1) is 23.4. The Kier molecular flexibility index (Phi) is 12.2. The lowest BCUT2D eigenvalue weighted by atomic mass is 9.86. The van der Waals surface area contributed by atoms with Crippen molar-refractivity contribution >= 4 is 29.3 Å². The summed E-state index contributed by atoms with van der Waals surface area (Å²) in [6, 6.07) is 12.8. The number of piperidine rings is 1. The molecule has 0 bridgehead atoms. The molecule has 2 amide bonds. The Labute approximate surface area is 296 Å². The molecule has 1 aromatic heterocycles. The molecule has 11 heteroatoms. The van der Waals surface area contributed by atoms with Gasteiger partial charge in [-0.3, -0.25) is 14.6 Å². The molecule has 0 saturated carbocycles. The van der Waals surface area contributed by atoms with Gasteiger partial charge in [0, 0.05) is 42.5 Å². The SMILES string of the molecule is COc1c(NC(=O)c2ccc(C)c(Oc3ccnc(CC4CCN(OC(=O)OC(C)(C)C)CC4)c3)c2)cc(C(C)(C)C)cc1NC(=O)C(C)C. The van der Waals surface area contributed by atoms with Gasteiger partial charge in [-0.15, -0.1) is 5.06 Å². The number of aromatic nitrogens is 1. The standard InChI is InChI=1S/C39H52N4O7/c1-24(2)35(44)41-31-21-28(38(4,5)6)22-32(34(31)47-10)42-36(45)27-12-11-25(3)33(20-27)48-30-13-16-40-29(23-30)19-26-14-17-43(18-15-26)50-37(46)49-39(7,8)9/h11-13,16,20-24,26H,14-15,17-19H2,1-10H3,(H,41,44)(H,42,45). The van der Waals surface area contributed by atoms with Gasteiger partial charge in [0.25, 0.3) is 5.91 Å². The molecule has 50 heavy (non-hydrogen) atoms. The summed E-state index contributed by atoms with van der Waals surface area (Å²) in [7, 11) is 1.51. The summed E-state index contributed by atoms with van der Waals surface area (Å²) >= 11 is 0. The molecule has 2 aromatic carbocycles. The second-order valence-electron chi connectivity index (χ2n) is 15.2. The second-order valence-corrected chi connectivity index (χ2v) is 15.2. The molecular weight excluding hydrogens is 636 g/mol. The normalized spacial score (nSPS) is 14.2. The highest BCUT2D eigenvalue weighted by Crippen LogP contribution is 2.39. The predicted molar refractivity (Wildman–Crippen MR) is 194 cm³/mol. The number of nitrogens with zero attached hydrogens (tertiary/aromatic N) is 2. The number of carbonyl (C=O) groups is 3. The van der Waals surface area contributed by atoms with Crippen molar-refractivity contribution in [2.45, 2.75) is 92.6 Å². The van der Waals surface area contributed by atoms with Gasteiger partial charge in [-0.25, -0.2) is 4.79 Å². The minimum absolute atomic E-state index is 0.151. The molecule has 2 N–H and O–H groups in total. The van der Waals surface area contributed by atoms with Crippen LogP contribution in [0.3, 0.4) is 0 Å². The molecule has 11 nitrogen and oxygen atoms in total. The van der Waals surface area contributed by atoms with Crippen LogP contribution in [-0.4, -0.2) is 53.8 Å². The van der Waals surface area contributed by atoms with Crippen molar-refractivity contribution in [2.24, 2.45) is 11.8 Å². The Morgan fingerprint density at radius 1 is 0.940 bits per heavy atom. The summed E-state index contributed by atoms with van der Waals surface area (Å²) in [5.41, 5.74) is 3.17. The fourth-order valence-corrected chi connectivity index (χ4v) is 5.42. The average molecular weight is 689 g/mol. The fraction of sp³-hybridized carbons (Fsp3) is 0.487. The Morgan fingerprint density at radius 3 is 2.20 bits per heavy atom. The van der Waals surface area contributed by atoms with Gasteiger partial charge >= 0.3 is 6.16 Å². The number of methoxy groups -OCH3 is 1. The van der Waals surface area contributed by atoms with Gasteiger partial charge < -0.3 is 29.7 Å². The van der Waals surface area contributed by atoms with E-state index >= 15 is 0 Å². The minimum atomic E-state index is -0.685. The summed E-state index contributed by atoms with van der Waals surface area (Å²) in [5.74, 6) is 1.17. The number of rotatable bonds is 10. The third-order valence-corrected chi connectivity index (χ3v) is 8.32. The molecule has 1 fully saturated rings. The summed E-state index contributed by atoms with van der Waals surface area (Å²) in [5, 5.41) is 7.61. The summed E-state index contributed by atoms with van der Waals surface area (Å²) in [4.78, 5) is 48.3. The van der Waals surface area contributed by atoms with Crippen molar-refractivity contribution in [1.29, 1.82) is 0 Å². The van der Waals surface area contributed by atoms with Crippen molar-refractivity contribution in [2.75, 3.05) is 30.8 Å². The van der Waals surface area contributed by atoms with E-state index in [1.807, 2.05) is 45.0 Å². The third kappa shape index (κ3) is 10.7. The first-order valence-corrected chi connectivity index (χ1v) is 17.2. The summed E-state index contributed by atoms with van der Waals surface area (Å²) in [6.45, 7) is 18.4. The molecule has 0 unspecified atom stereocenters. The number of ether oxygens (including phenoxy) is 3. The topological polar surface area (TPSA) is 128 Å². The van der Waals surface area contributed by atoms with Crippen LogP contribution < -0.4 is 20.1 Å². The maximum atomic E-state index is 13.7. The molecular formula is C39H52N4O7. The summed E-state index contributed by atoms with van der Waals surface area (Å²) in [6.07, 6.45) is 3.49. The van der Waals surface area contributed by atoms with Crippen molar-refractivity contribution in [3.8, 4) is 17.2 Å². The predicted octanol–water partition coefficient (Wildman–Crippen LogP) is 8.46. The molecule has 1 saturated heterocycles. The van der Waals surface area contributed by atoms with Crippen LogP contribution in [0.5, 0.6) is 17.2 Å². The van der Waals surface area contributed by atoms with Crippen molar-refractivity contribution in [3.05, 3.63) is 71.0 Å². The number of amides is 2. The van der Waals surface area contributed by atoms with E-state index in [2.05, 4.69) is 36.4 Å². The van der Waals surface area contributed by atoms with E-state index in [0.717, 1.165) is 36.1 Å². The maximum absolute atomic E-state index is 13.7. The van der Waals surface area contributed by atoms with Gasteiger partial charge in [-0.1, -0.05) is 40.7 Å². The highest BCUT2D eigenvalue weighted by molar-refractivity contribution is 6.06. The molecule has 1 aliphatic heterocycles. The highest BCUT2D eigenvalue weighted by atomic mass is 16.8. The maximum Gasteiger partial charge on any atom is 0.528 e. The number of hydrogen-bond donors (Lipinski definition) is 2. The molecule has 0 radical (unpaired) electrons. The molecule has 270 valence electrons. The van der Waals surface area contributed by atoms with Gasteiger partial charge in [0.05, 0.1) is 18.5 Å². The van der Waals surface area contributed by atoms with Crippen LogP contribution >= 0.6 is 0 Å². The van der Waals surface area contributed by atoms with Crippen LogP contribution in [0, 0.1) is 18.8 Å². The van der Waals surface area contributed by atoms with Crippen molar-refractivity contribution in [1.82, 2.24) is 10.0 Å². The average Bonchev–Trinajstić information content (AvgIpc) is 3.01. The lowest BCUT2D eigenvalue weighted by molar-refractivity contribution is -0.155. The number of carbonyl (C=O) groups excluding carboxylic acids is 3. The van der Waals surface area contributed by atoms with Crippen LogP contribution in [0.2, 0.25) is 0 Å². The quantitative estimate of drug-likeness (QED) is 0.202. The minimum Gasteiger partial charge on any atom is -0.492 e. The Morgan fingerprint density at radius 2 is 1.60 bits per heavy atom. The number of nitrogens with one attached hydrogen (secondary N) is 2. The van der Waals surface area contributed by atoms with Gasteiger partial charge in [0.15, 0.2) is 5.75 Å². The largest absolute Gasteiger partial charge is 0.528 e. The number of hydroxylamine groups is 2. The van der Waals surface area contributed by atoms with Crippen LogP contribution in [0.15, 0.2) is 48.7 Å². The van der Waals surface area contributed by atoms with E-state index < -0.39 is 11.8 Å². The number of benzene rings is 2. The lowest BCUT2D eigenvalue weighted by Crippen LogP contribution is -2.38. The monoisotopic (exact) mass is 688 g/mol. The van der Waals surface area contributed by atoms with E-state index in [9.17, 15) is 14.4 Å². The smallest absolute Gasteiger partial charge is 0.492 e. The molecule has 0 spiro atoms. The van der Waals surface area contributed by atoms with Crippen LogP contribution in [0.4, 0.5) is 16.2 Å². The number of pyridine rings is 1. The van der Waals surface area contributed by atoms with E-state index in [0.29, 0.717) is 53.2 Å². The van der Waals surface area contributed by atoms with Crippen LogP contribution in [0.25, 0.3) is 0 Å². The number of aryl methyl sites for hydroxylation is 1. The Balaban J connectivity index is 1.45. The fourth-order valence-electron chi connectivity index (χ4n) is 5.42. The Bertz CT molecular complexity index is 1680. The highest BCUT2D eigenvalue weighted by Gasteiger charge is 2.26. The van der Waals surface area contributed by atoms with Gasteiger partial charge in [-0.2, -0.15) is 0 Å². The molecule has 1 aliphatic rings. The molecule has 3 aromatic rings. The van der Waals surface area contributed by atoms with Crippen LogP contribution in [0.1, 0.15) is 95.4 Å². The van der Waals surface area contributed by atoms with E-state index in [1.54, 1.807) is 50.2 Å². The van der Waals surface area contributed by atoms with E-state index in [4.69, 9.17) is 19.0 Å². The van der Waals surface area contributed by atoms with Crippen LogP contribution in [-0.2, 0) is 26.2 Å². The molecule has 0 atom stereocenters. The second kappa shape index (κ2) is 15.9. The first kappa shape index (κ1) is 38.2. The molecule has 4 rings (SSSR count). The number of anilines is 2. The van der Waals surface area contributed by atoms with E-state index in [-0.39, 0.29) is 23.1 Å². The van der Waals surface area contributed by atoms with Gasteiger partial charge in [0.1, 0.15) is 17.1 Å². The molecule has 0 aliphatic carbocycles. The first-order valence-electron chi connectivity index (χ1n) is 17.2. The van der Waals surface area contributed by atoms with Gasteiger partial charge in [0.2, 0.25) is 5.91 Å². The summed E-state index contributed by atoms with van der Waals surface area (Å²) < 4.78 is 17.3.